The molecular formula is C20H27NO4. The number of hydrogen-bond donors (Lipinski definition) is 1. The first kappa shape index (κ1) is 19.0. The van der Waals surface area contributed by atoms with Gasteiger partial charge in [0.1, 0.15) is 5.60 Å². The molecule has 0 aliphatic heterocycles. The zero-order valence-corrected chi connectivity index (χ0v) is 15.4. The summed E-state index contributed by atoms with van der Waals surface area (Å²) in [5.74, 6) is -0.131. The molecule has 5 heteroatoms. The smallest absolute Gasteiger partial charge is 0.407 e. The van der Waals surface area contributed by atoms with E-state index in [2.05, 4.69) is 11.4 Å². The molecule has 1 saturated carbocycles. The molecule has 0 heterocycles. The summed E-state index contributed by atoms with van der Waals surface area (Å²) in [4.78, 5) is 23.8. The highest BCUT2D eigenvalue weighted by Crippen LogP contribution is 2.28. The molecule has 0 bridgehead atoms. The van der Waals surface area contributed by atoms with Crippen LogP contribution in [0.2, 0.25) is 0 Å². The number of carbonyl (C=O) groups excluding carboxylic acids is 2. The fourth-order valence-corrected chi connectivity index (χ4v) is 3.02. The Morgan fingerprint density at radius 2 is 1.92 bits per heavy atom. The van der Waals surface area contributed by atoms with Gasteiger partial charge in [-0.1, -0.05) is 36.8 Å². The average molecular weight is 345 g/mol. The molecule has 0 aromatic heterocycles. The van der Waals surface area contributed by atoms with Crippen LogP contribution in [0.1, 0.15) is 56.0 Å². The molecule has 0 unspecified atom stereocenters. The van der Waals surface area contributed by atoms with Gasteiger partial charge in [-0.25, -0.2) is 9.59 Å². The van der Waals surface area contributed by atoms with Gasteiger partial charge in [0.05, 0.1) is 12.7 Å². The van der Waals surface area contributed by atoms with E-state index < -0.39 is 5.60 Å². The van der Waals surface area contributed by atoms with E-state index in [1.54, 1.807) is 6.07 Å². The highest BCUT2D eigenvalue weighted by Gasteiger charge is 2.28. The third-order valence-electron chi connectivity index (χ3n) is 4.16. The Kier molecular flexibility index (Phi) is 6.23. The van der Waals surface area contributed by atoms with Crippen molar-refractivity contribution in [2.45, 2.75) is 51.7 Å². The molecule has 1 fully saturated rings. The van der Waals surface area contributed by atoms with Crippen LogP contribution in [0.25, 0.3) is 6.08 Å². The largest absolute Gasteiger partial charge is 0.465 e. The van der Waals surface area contributed by atoms with Gasteiger partial charge < -0.3 is 14.8 Å². The fourth-order valence-electron chi connectivity index (χ4n) is 3.02. The van der Waals surface area contributed by atoms with E-state index >= 15 is 0 Å². The highest BCUT2D eigenvalue weighted by atomic mass is 16.6. The van der Waals surface area contributed by atoms with E-state index in [1.807, 2.05) is 45.0 Å². The molecule has 1 amide bonds. The fraction of sp³-hybridized carbons (Fsp3) is 0.500. The topological polar surface area (TPSA) is 64.6 Å². The van der Waals surface area contributed by atoms with Gasteiger partial charge in [0.2, 0.25) is 0 Å². The predicted molar refractivity (Wildman–Crippen MR) is 97.3 cm³/mol. The molecular weight excluding hydrogens is 318 g/mol. The molecule has 1 aliphatic carbocycles. The van der Waals surface area contributed by atoms with Crippen LogP contribution < -0.4 is 5.32 Å². The molecule has 1 aliphatic rings. The van der Waals surface area contributed by atoms with Gasteiger partial charge in [-0.15, -0.1) is 0 Å². The van der Waals surface area contributed by atoms with Crippen LogP contribution in [0.3, 0.4) is 0 Å². The Morgan fingerprint density at radius 3 is 2.60 bits per heavy atom. The van der Waals surface area contributed by atoms with Crippen LogP contribution in [0.4, 0.5) is 4.79 Å². The van der Waals surface area contributed by atoms with Crippen molar-refractivity contribution in [3.8, 4) is 0 Å². The Labute approximate surface area is 149 Å². The van der Waals surface area contributed by atoms with Crippen LogP contribution in [0, 0.1) is 5.92 Å². The second-order valence-electron chi connectivity index (χ2n) is 7.29. The third kappa shape index (κ3) is 5.62. The molecule has 0 spiro atoms. The van der Waals surface area contributed by atoms with Crippen molar-refractivity contribution in [1.29, 1.82) is 0 Å². The van der Waals surface area contributed by atoms with Crippen LogP contribution >= 0.6 is 0 Å². The highest BCUT2D eigenvalue weighted by molar-refractivity contribution is 5.93. The Balaban J connectivity index is 2.05. The number of hydrogen-bond acceptors (Lipinski definition) is 4. The standard InChI is InChI=1S/C20H27NO4/c1-20(2,3)25-19(23)21-17-11-7-9-15(17)13-12-14-8-5-6-10-16(14)18(22)24-4/h5-6,8,10,12-13,15,17H,7,9,11H2,1-4H3,(H,21,23)/b13-12+/t15-,17-/m0/s1. The first-order valence-corrected chi connectivity index (χ1v) is 8.65. The van der Waals surface area contributed by atoms with E-state index in [1.165, 1.54) is 7.11 Å². The summed E-state index contributed by atoms with van der Waals surface area (Å²) in [6.07, 6.45) is 6.59. The number of rotatable bonds is 4. The lowest BCUT2D eigenvalue weighted by Crippen LogP contribution is -2.40. The number of esters is 1. The predicted octanol–water partition coefficient (Wildman–Crippen LogP) is 4.18. The minimum absolute atomic E-state index is 0.0522. The lowest BCUT2D eigenvalue weighted by atomic mass is 10.00. The maximum atomic E-state index is 12.0. The number of benzene rings is 1. The van der Waals surface area contributed by atoms with E-state index in [-0.39, 0.29) is 24.0 Å². The van der Waals surface area contributed by atoms with Crippen LogP contribution in [-0.4, -0.2) is 30.8 Å². The normalized spacial score (nSPS) is 20.5. The first-order valence-electron chi connectivity index (χ1n) is 8.65. The second-order valence-corrected chi connectivity index (χ2v) is 7.29. The molecule has 0 radical (unpaired) electrons. The van der Waals surface area contributed by atoms with E-state index in [0.717, 1.165) is 24.8 Å². The molecule has 1 aromatic rings. The zero-order chi connectivity index (χ0) is 18.4. The quantitative estimate of drug-likeness (QED) is 0.832. The summed E-state index contributed by atoms with van der Waals surface area (Å²) < 4.78 is 10.2. The summed E-state index contributed by atoms with van der Waals surface area (Å²) in [6, 6.07) is 7.38. The summed E-state index contributed by atoms with van der Waals surface area (Å²) in [5, 5.41) is 2.97. The summed E-state index contributed by atoms with van der Waals surface area (Å²) in [5.41, 5.74) is 0.848. The van der Waals surface area contributed by atoms with Crippen molar-refractivity contribution in [2.75, 3.05) is 7.11 Å². The molecule has 136 valence electrons. The summed E-state index contributed by atoms with van der Waals surface area (Å²) >= 11 is 0. The molecule has 2 rings (SSSR count). The van der Waals surface area contributed by atoms with Gasteiger partial charge in [0, 0.05) is 6.04 Å². The number of amides is 1. The van der Waals surface area contributed by atoms with Crippen molar-refractivity contribution in [3.05, 3.63) is 41.5 Å². The van der Waals surface area contributed by atoms with E-state index in [4.69, 9.17) is 9.47 Å². The lowest BCUT2D eigenvalue weighted by molar-refractivity contribution is 0.0497. The van der Waals surface area contributed by atoms with Gasteiger partial charge in [-0.3, -0.25) is 0 Å². The van der Waals surface area contributed by atoms with Crippen LogP contribution in [-0.2, 0) is 9.47 Å². The number of methoxy groups -OCH3 is 1. The van der Waals surface area contributed by atoms with Gasteiger partial charge >= 0.3 is 12.1 Å². The van der Waals surface area contributed by atoms with Gasteiger partial charge in [0.15, 0.2) is 0 Å². The Hall–Kier alpha value is -2.30. The average Bonchev–Trinajstić information content (AvgIpc) is 2.97. The lowest BCUT2D eigenvalue weighted by Gasteiger charge is -2.23. The van der Waals surface area contributed by atoms with Crippen molar-refractivity contribution in [3.63, 3.8) is 0 Å². The number of carbonyl (C=O) groups is 2. The van der Waals surface area contributed by atoms with Gasteiger partial charge in [0.25, 0.3) is 0 Å². The number of ether oxygens (including phenoxy) is 2. The SMILES string of the molecule is COC(=O)c1ccccc1/C=C/[C@@H]1CCC[C@@H]1NC(=O)OC(C)(C)C. The van der Waals surface area contributed by atoms with Crippen LogP contribution in [0.15, 0.2) is 30.3 Å². The van der Waals surface area contributed by atoms with Gasteiger partial charge in [-0.05, 0) is 51.2 Å². The van der Waals surface area contributed by atoms with Crippen molar-refractivity contribution in [1.82, 2.24) is 5.32 Å². The zero-order valence-electron chi connectivity index (χ0n) is 15.4. The second kappa shape index (κ2) is 8.19. The maximum Gasteiger partial charge on any atom is 0.407 e. The first-order chi connectivity index (χ1) is 11.8. The van der Waals surface area contributed by atoms with Crippen molar-refractivity contribution >= 4 is 18.1 Å². The number of nitrogens with one attached hydrogen (secondary N) is 1. The van der Waals surface area contributed by atoms with Gasteiger partial charge in [-0.2, -0.15) is 0 Å². The van der Waals surface area contributed by atoms with E-state index in [0.29, 0.717) is 5.56 Å². The molecule has 0 saturated heterocycles. The minimum atomic E-state index is -0.506. The minimum Gasteiger partial charge on any atom is -0.465 e. The third-order valence-corrected chi connectivity index (χ3v) is 4.16. The molecule has 5 nitrogen and oxygen atoms in total. The monoisotopic (exact) mass is 345 g/mol. The molecule has 1 aromatic carbocycles. The molecule has 1 N–H and O–H groups in total. The number of alkyl carbamates (subject to hydrolysis) is 1. The maximum absolute atomic E-state index is 12.0. The Morgan fingerprint density at radius 1 is 1.20 bits per heavy atom. The van der Waals surface area contributed by atoms with E-state index in [9.17, 15) is 9.59 Å². The Bertz CT molecular complexity index is 645. The molecule has 25 heavy (non-hydrogen) atoms. The molecule has 2 atom stereocenters. The van der Waals surface area contributed by atoms with Crippen LogP contribution in [0.5, 0.6) is 0 Å². The van der Waals surface area contributed by atoms with Crippen molar-refractivity contribution < 1.29 is 19.1 Å². The summed E-state index contributed by atoms with van der Waals surface area (Å²) in [7, 11) is 1.38. The summed E-state index contributed by atoms with van der Waals surface area (Å²) in [6.45, 7) is 5.55. The van der Waals surface area contributed by atoms with Crippen molar-refractivity contribution in [2.24, 2.45) is 5.92 Å².